The van der Waals surface area contributed by atoms with Gasteiger partial charge in [-0.1, -0.05) is 51.8 Å². The first kappa shape index (κ1) is 22.9. The Hall–Kier alpha value is -1.84. The molecule has 0 spiro atoms. The summed E-state index contributed by atoms with van der Waals surface area (Å²) in [6.45, 7) is 13.5. The number of hydrogen-bond donors (Lipinski definition) is 2. The Kier molecular flexibility index (Phi) is 4.61. The molecule has 33 heavy (non-hydrogen) atoms. The molecule has 5 aliphatic carbocycles. The van der Waals surface area contributed by atoms with E-state index in [1.165, 1.54) is 11.1 Å². The van der Waals surface area contributed by atoms with Gasteiger partial charge in [0.1, 0.15) is 0 Å². The van der Waals surface area contributed by atoms with E-state index in [1.54, 1.807) is 0 Å². The number of carbonyl (C=O) groups excluding carboxylic acids is 1. The minimum Gasteiger partial charge on any atom is -0.504 e. The van der Waals surface area contributed by atoms with Crippen LogP contribution in [-0.2, 0) is 9.59 Å². The highest BCUT2D eigenvalue weighted by molar-refractivity contribution is 6.08. The lowest BCUT2D eigenvalue weighted by atomic mass is 9.36. The molecule has 0 aromatic carbocycles. The van der Waals surface area contributed by atoms with Crippen molar-refractivity contribution in [2.24, 2.45) is 38.9 Å². The first-order valence-electron chi connectivity index (χ1n) is 12.8. The molecule has 180 valence electrons. The molecule has 5 aliphatic rings. The van der Waals surface area contributed by atoms with E-state index in [1.807, 2.05) is 13.0 Å². The van der Waals surface area contributed by atoms with Gasteiger partial charge in [0.15, 0.2) is 5.76 Å². The average Bonchev–Trinajstić information content (AvgIpc) is 2.72. The fourth-order valence-electron chi connectivity index (χ4n) is 9.21. The van der Waals surface area contributed by atoms with Crippen LogP contribution in [0.5, 0.6) is 0 Å². The van der Waals surface area contributed by atoms with Crippen molar-refractivity contribution in [3.8, 4) is 0 Å². The number of hydrogen-bond acceptors (Lipinski definition) is 3. The second kappa shape index (κ2) is 6.64. The van der Waals surface area contributed by atoms with Crippen LogP contribution in [0.25, 0.3) is 0 Å². The number of fused-ring (bicyclic) bond motifs is 7. The fourth-order valence-corrected chi connectivity index (χ4v) is 9.21. The van der Waals surface area contributed by atoms with Gasteiger partial charge in [0, 0.05) is 11.0 Å². The first-order valence-corrected chi connectivity index (χ1v) is 12.8. The third kappa shape index (κ3) is 2.70. The van der Waals surface area contributed by atoms with E-state index in [-0.39, 0.29) is 45.0 Å². The quantitative estimate of drug-likeness (QED) is 0.430. The monoisotopic (exact) mass is 452 g/mol. The first-order chi connectivity index (χ1) is 15.2. The van der Waals surface area contributed by atoms with E-state index in [0.717, 1.165) is 56.9 Å². The zero-order valence-electron chi connectivity index (χ0n) is 21.2. The molecule has 6 atom stereocenters. The van der Waals surface area contributed by atoms with Gasteiger partial charge in [0.25, 0.3) is 0 Å². The summed E-state index contributed by atoms with van der Waals surface area (Å²) in [6, 6.07) is 0. The molecule has 0 radical (unpaired) electrons. The van der Waals surface area contributed by atoms with Crippen LogP contribution >= 0.6 is 0 Å². The van der Waals surface area contributed by atoms with Crippen LogP contribution in [0.4, 0.5) is 0 Å². The lowest BCUT2D eigenvalue weighted by Gasteiger charge is -2.67. The molecule has 0 saturated heterocycles. The molecule has 3 saturated carbocycles. The van der Waals surface area contributed by atoms with E-state index in [9.17, 15) is 19.8 Å². The van der Waals surface area contributed by atoms with Crippen molar-refractivity contribution in [2.75, 3.05) is 0 Å². The van der Waals surface area contributed by atoms with Crippen LogP contribution in [0.2, 0.25) is 0 Å². The SMILES string of the molecule is CC1=C2CC[C@]3(C)C(CC=C4C5CC(C)(C)CC[C@]5(C(=O)O)CC[C@]43C)[C@@]2(C)C=C(O)C1=O. The minimum absolute atomic E-state index is 0.0148. The van der Waals surface area contributed by atoms with E-state index in [0.29, 0.717) is 0 Å². The number of aliphatic hydroxyl groups is 1. The number of Topliss-reactive ketones (excluding diaryl/α,β-unsaturated/α-hetero) is 1. The van der Waals surface area contributed by atoms with Crippen LogP contribution < -0.4 is 0 Å². The van der Waals surface area contributed by atoms with Gasteiger partial charge in [-0.2, -0.15) is 0 Å². The molecule has 0 aliphatic heterocycles. The van der Waals surface area contributed by atoms with Crippen LogP contribution in [0.1, 0.15) is 92.9 Å². The molecule has 0 aromatic heterocycles. The summed E-state index contributed by atoms with van der Waals surface area (Å²) in [5, 5.41) is 21.0. The normalized spacial score (nSPS) is 46.3. The third-order valence-electron chi connectivity index (χ3n) is 11.5. The predicted molar refractivity (Wildman–Crippen MR) is 129 cm³/mol. The summed E-state index contributed by atoms with van der Waals surface area (Å²) >= 11 is 0. The van der Waals surface area contributed by atoms with Crippen molar-refractivity contribution >= 4 is 11.8 Å². The Morgan fingerprint density at radius 2 is 1.70 bits per heavy atom. The van der Waals surface area contributed by atoms with E-state index < -0.39 is 11.4 Å². The standard InChI is InChI=1S/C29H40O4/c1-17-18-9-10-28(6)22(26(18,4)16-21(30)23(17)31)8-7-19-20-15-25(2,3)11-13-29(20,24(32)33)14-12-27(19,28)5/h7,16,20,22,30H,8-15H2,1-6H3,(H,32,33)/t20?,22?,26-,27+,28+,29-/m0/s1. The van der Waals surface area contributed by atoms with Gasteiger partial charge >= 0.3 is 5.97 Å². The smallest absolute Gasteiger partial charge is 0.310 e. The Morgan fingerprint density at radius 1 is 1.03 bits per heavy atom. The Morgan fingerprint density at radius 3 is 2.36 bits per heavy atom. The molecule has 0 heterocycles. The predicted octanol–water partition coefficient (Wildman–Crippen LogP) is 6.78. The molecule has 2 unspecified atom stereocenters. The summed E-state index contributed by atoms with van der Waals surface area (Å²) in [5.74, 6) is -0.559. The molecule has 0 bridgehead atoms. The molecule has 3 fully saturated rings. The van der Waals surface area contributed by atoms with Gasteiger partial charge in [-0.05, 0) is 92.4 Å². The van der Waals surface area contributed by atoms with E-state index in [4.69, 9.17) is 0 Å². The summed E-state index contributed by atoms with van der Waals surface area (Å²) in [4.78, 5) is 25.2. The molecule has 4 nitrogen and oxygen atoms in total. The van der Waals surface area contributed by atoms with Crippen LogP contribution in [0, 0.1) is 38.9 Å². The van der Waals surface area contributed by atoms with Crippen molar-refractivity contribution < 1.29 is 19.8 Å². The van der Waals surface area contributed by atoms with Gasteiger partial charge < -0.3 is 10.2 Å². The maximum Gasteiger partial charge on any atom is 0.310 e. The van der Waals surface area contributed by atoms with Gasteiger partial charge in [0.2, 0.25) is 5.78 Å². The van der Waals surface area contributed by atoms with Crippen molar-refractivity contribution in [3.63, 3.8) is 0 Å². The molecule has 0 amide bonds. The minimum atomic E-state index is -0.625. The highest BCUT2D eigenvalue weighted by Crippen LogP contribution is 2.73. The summed E-state index contributed by atoms with van der Waals surface area (Å²) in [6.07, 6.45) is 11.3. The Bertz CT molecular complexity index is 1040. The highest BCUT2D eigenvalue weighted by Gasteiger charge is 2.67. The van der Waals surface area contributed by atoms with Gasteiger partial charge in [-0.3, -0.25) is 9.59 Å². The number of carboxylic acid groups (broad SMARTS) is 1. The average molecular weight is 453 g/mol. The van der Waals surface area contributed by atoms with Gasteiger partial charge in [0.05, 0.1) is 5.41 Å². The van der Waals surface area contributed by atoms with E-state index in [2.05, 4.69) is 40.7 Å². The van der Waals surface area contributed by atoms with Crippen LogP contribution in [0.3, 0.4) is 0 Å². The van der Waals surface area contributed by atoms with Crippen LogP contribution in [0.15, 0.2) is 34.6 Å². The zero-order chi connectivity index (χ0) is 24.2. The molecule has 0 aromatic rings. The van der Waals surface area contributed by atoms with Crippen molar-refractivity contribution in [3.05, 3.63) is 34.6 Å². The van der Waals surface area contributed by atoms with Crippen molar-refractivity contribution in [1.82, 2.24) is 0 Å². The topological polar surface area (TPSA) is 74.6 Å². The number of carbonyl (C=O) groups is 2. The third-order valence-corrected chi connectivity index (χ3v) is 11.5. The Balaban J connectivity index is 1.65. The van der Waals surface area contributed by atoms with Crippen LogP contribution in [-0.4, -0.2) is 22.0 Å². The molecule has 5 rings (SSSR count). The second-order valence-corrected chi connectivity index (χ2v) is 13.3. The molecule has 2 N–H and O–H groups in total. The lowest BCUT2D eigenvalue weighted by molar-refractivity contribution is -0.166. The maximum atomic E-state index is 12.7. The number of ketones is 1. The highest BCUT2D eigenvalue weighted by atomic mass is 16.4. The molecular weight excluding hydrogens is 412 g/mol. The van der Waals surface area contributed by atoms with Gasteiger partial charge in [-0.25, -0.2) is 0 Å². The molecule has 4 heteroatoms. The number of aliphatic carboxylic acids is 1. The Labute approximate surface area is 198 Å². The number of allylic oxidation sites excluding steroid dienone is 5. The summed E-state index contributed by atoms with van der Waals surface area (Å²) in [7, 11) is 0. The fraction of sp³-hybridized carbons (Fsp3) is 0.724. The van der Waals surface area contributed by atoms with Gasteiger partial charge in [-0.15, -0.1) is 0 Å². The number of rotatable bonds is 1. The maximum absolute atomic E-state index is 12.7. The largest absolute Gasteiger partial charge is 0.504 e. The van der Waals surface area contributed by atoms with Crippen molar-refractivity contribution in [1.29, 1.82) is 0 Å². The zero-order valence-corrected chi connectivity index (χ0v) is 21.2. The lowest BCUT2D eigenvalue weighted by Crippen LogP contribution is -2.61. The van der Waals surface area contributed by atoms with E-state index >= 15 is 0 Å². The summed E-state index contributed by atoms with van der Waals surface area (Å²) in [5.41, 5.74) is 2.43. The second-order valence-electron chi connectivity index (χ2n) is 13.3. The van der Waals surface area contributed by atoms with Crippen molar-refractivity contribution in [2.45, 2.75) is 92.9 Å². The number of carboxylic acids is 1. The summed E-state index contributed by atoms with van der Waals surface area (Å²) < 4.78 is 0. The number of aliphatic hydroxyl groups excluding tert-OH is 1. The molecular formula is C29H40O4.